The second-order valence-electron chi connectivity index (χ2n) is 3.47. The lowest BCUT2D eigenvalue weighted by molar-refractivity contribution is 0.371. The number of aromatic hydroxyl groups is 1. The third-order valence-electron chi connectivity index (χ3n) is 2.39. The van der Waals surface area contributed by atoms with Gasteiger partial charge in [-0.15, -0.1) is 0 Å². The Kier molecular flexibility index (Phi) is 2.98. The van der Waals surface area contributed by atoms with Crippen molar-refractivity contribution < 1.29 is 9.84 Å². The van der Waals surface area contributed by atoms with Gasteiger partial charge in [-0.1, -0.05) is 30.3 Å². The third-order valence-corrected chi connectivity index (χ3v) is 2.39. The lowest BCUT2D eigenvalue weighted by atomic mass is 10.1. The molecule has 0 fully saturated rings. The van der Waals surface area contributed by atoms with E-state index in [0.717, 1.165) is 11.1 Å². The van der Waals surface area contributed by atoms with Crippen molar-refractivity contribution in [1.82, 2.24) is 0 Å². The molecule has 0 aliphatic heterocycles. The molecule has 80 valence electrons. The van der Waals surface area contributed by atoms with Crippen LogP contribution in [0.1, 0.15) is 11.1 Å². The van der Waals surface area contributed by atoms with Crippen molar-refractivity contribution >= 4 is 0 Å². The first-order valence-electron chi connectivity index (χ1n) is 5.03. The maximum absolute atomic E-state index is 9.90. The maximum Gasteiger partial charge on any atom is 0.161 e. The van der Waals surface area contributed by atoms with E-state index in [2.05, 4.69) is 12.1 Å². The second-order valence-corrected chi connectivity index (χ2v) is 3.47. The summed E-state index contributed by atoms with van der Waals surface area (Å²) in [4.78, 5) is 0. The number of hydrogen-bond donors (Lipinski definition) is 1. The van der Waals surface area contributed by atoms with Crippen molar-refractivity contribution in [2.24, 2.45) is 0 Å². The summed E-state index contributed by atoms with van der Waals surface area (Å²) in [6.45, 7) is 0. The van der Waals surface area contributed by atoms with Gasteiger partial charge in [0.05, 0.1) is 7.11 Å². The fourth-order valence-corrected chi connectivity index (χ4v) is 1.57. The molecule has 0 saturated heterocycles. The van der Waals surface area contributed by atoms with E-state index in [0.29, 0.717) is 12.2 Å². The largest absolute Gasteiger partial charge is 0.504 e. The van der Waals surface area contributed by atoms with Crippen molar-refractivity contribution in [2.45, 2.75) is 6.42 Å². The first kappa shape index (κ1) is 10.4. The van der Waals surface area contributed by atoms with Gasteiger partial charge in [-0.05, 0) is 18.2 Å². The Balaban J connectivity index is 2.28. The van der Waals surface area contributed by atoms with Crippen LogP contribution in [-0.2, 0) is 6.42 Å². The number of para-hydroxylation sites is 1. The molecule has 2 aromatic carbocycles. The SMILES string of the molecule is COc1cccc(Cc2c#cccc2)c1O. The lowest BCUT2D eigenvalue weighted by Gasteiger charge is -2.07. The van der Waals surface area contributed by atoms with E-state index >= 15 is 0 Å². The molecule has 0 radical (unpaired) electrons. The van der Waals surface area contributed by atoms with Gasteiger partial charge in [-0.2, -0.15) is 0 Å². The summed E-state index contributed by atoms with van der Waals surface area (Å²) in [7, 11) is 1.54. The topological polar surface area (TPSA) is 29.5 Å². The summed E-state index contributed by atoms with van der Waals surface area (Å²) in [6.07, 6.45) is 0.625. The molecule has 0 saturated carbocycles. The molecule has 0 spiro atoms. The summed E-state index contributed by atoms with van der Waals surface area (Å²) >= 11 is 0. The van der Waals surface area contributed by atoms with E-state index < -0.39 is 0 Å². The van der Waals surface area contributed by atoms with Crippen molar-refractivity contribution in [3.05, 3.63) is 59.7 Å². The zero-order valence-electron chi connectivity index (χ0n) is 9.03. The van der Waals surface area contributed by atoms with Crippen molar-refractivity contribution in [3.63, 3.8) is 0 Å². The summed E-state index contributed by atoms with van der Waals surface area (Å²) in [5, 5.41) is 9.90. The fraction of sp³-hybridized carbons (Fsp3) is 0.143. The predicted octanol–water partition coefficient (Wildman–Crippen LogP) is 2.59. The van der Waals surface area contributed by atoms with Gasteiger partial charge >= 0.3 is 0 Å². The first-order chi connectivity index (χ1) is 7.81. The van der Waals surface area contributed by atoms with Gasteiger partial charge in [0.15, 0.2) is 11.5 Å². The number of benzene rings is 1. The number of rotatable bonds is 3. The standard InChI is InChI=1S/C14H12O2/c1-16-13-9-5-8-12(14(13)15)10-11-6-3-2-4-7-11/h2-3,5-6,8-9,15H,10H2,1H3. The molecule has 0 bridgehead atoms. The molecule has 0 aliphatic rings. The highest BCUT2D eigenvalue weighted by atomic mass is 16.5. The van der Waals surface area contributed by atoms with Crippen LogP contribution in [-0.4, -0.2) is 12.2 Å². The van der Waals surface area contributed by atoms with Crippen LogP contribution in [0.4, 0.5) is 0 Å². The third kappa shape index (κ3) is 2.09. The summed E-state index contributed by atoms with van der Waals surface area (Å²) in [5.74, 6) is 0.694. The summed E-state index contributed by atoms with van der Waals surface area (Å²) in [5.41, 5.74) is 1.82. The molecule has 2 aromatic rings. The fourth-order valence-electron chi connectivity index (χ4n) is 1.57. The average Bonchev–Trinajstić information content (AvgIpc) is 2.33. The molecular weight excluding hydrogens is 200 g/mol. The van der Waals surface area contributed by atoms with E-state index in [1.54, 1.807) is 19.2 Å². The number of phenols is 1. The molecule has 0 aliphatic carbocycles. The van der Waals surface area contributed by atoms with Crippen LogP contribution < -0.4 is 4.74 Å². The molecule has 2 heteroatoms. The van der Waals surface area contributed by atoms with E-state index in [1.165, 1.54) is 0 Å². The van der Waals surface area contributed by atoms with E-state index in [4.69, 9.17) is 4.74 Å². The molecule has 2 nitrogen and oxygen atoms in total. The van der Waals surface area contributed by atoms with Gasteiger partial charge in [0, 0.05) is 17.5 Å². The minimum atomic E-state index is 0.197. The summed E-state index contributed by atoms with van der Waals surface area (Å²) < 4.78 is 5.06. The minimum absolute atomic E-state index is 0.197. The van der Waals surface area contributed by atoms with Gasteiger partial charge in [0.25, 0.3) is 0 Å². The van der Waals surface area contributed by atoms with Gasteiger partial charge in [0.1, 0.15) is 0 Å². The molecule has 0 amide bonds. The minimum Gasteiger partial charge on any atom is -0.504 e. The molecule has 16 heavy (non-hydrogen) atoms. The average molecular weight is 212 g/mol. The highest BCUT2D eigenvalue weighted by molar-refractivity contribution is 5.46. The smallest absolute Gasteiger partial charge is 0.161 e. The second kappa shape index (κ2) is 4.59. The number of ether oxygens (including phenoxy) is 1. The Bertz CT molecular complexity index is 463. The van der Waals surface area contributed by atoms with Crippen LogP contribution >= 0.6 is 0 Å². The molecule has 0 unspecified atom stereocenters. The van der Waals surface area contributed by atoms with E-state index in [9.17, 15) is 5.11 Å². The molecular formula is C14H12O2. The molecule has 2 rings (SSSR count). The quantitative estimate of drug-likeness (QED) is 0.847. The number of phenolic OH excluding ortho intramolecular Hbond substituents is 1. The Labute approximate surface area is 95.1 Å². The van der Waals surface area contributed by atoms with Crippen molar-refractivity contribution in [1.29, 1.82) is 0 Å². The Morgan fingerprint density at radius 1 is 1.25 bits per heavy atom. The van der Waals surface area contributed by atoms with Crippen LogP contribution in [0, 0.1) is 12.1 Å². The van der Waals surface area contributed by atoms with Crippen LogP contribution in [0.25, 0.3) is 0 Å². The Hall–Kier alpha value is -2.14. The van der Waals surface area contributed by atoms with E-state index in [1.807, 2.05) is 24.3 Å². The lowest BCUT2D eigenvalue weighted by Crippen LogP contribution is -1.91. The predicted molar refractivity (Wildman–Crippen MR) is 61.6 cm³/mol. The van der Waals surface area contributed by atoms with Crippen LogP contribution in [0.3, 0.4) is 0 Å². The first-order valence-corrected chi connectivity index (χ1v) is 5.03. The van der Waals surface area contributed by atoms with Crippen LogP contribution in [0.2, 0.25) is 0 Å². The highest BCUT2D eigenvalue weighted by Gasteiger charge is 2.07. The highest BCUT2D eigenvalue weighted by Crippen LogP contribution is 2.30. The van der Waals surface area contributed by atoms with Crippen molar-refractivity contribution in [2.75, 3.05) is 7.11 Å². The van der Waals surface area contributed by atoms with Crippen LogP contribution in [0.15, 0.2) is 36.4 Å². The van der Waals surface area contributed by atoms with Gasteiger partial charge in [-0.25, -0.2) is 0 Å². The Morgan fingerprint density at radius 2 is 2.12 bits per heavy atom. The monoisotopic (exact) mass is 212 g/mol. The maximum atomic E-state index is 9.90. The molecule has 1 N–H and O–H groups in total. The van der Waals surface area contributed by atoms with Gasteiger partial charge in [-0.3, -0.25) is 0 Å². The normalized spacial score (nSPS) is 9.56. The molecule has 0 atom stereocenters. The number of hydrogen-bond acceptors (Lipinski definition) is 2. The van der Waals surface area contributed by atoms with Crippen molar-refractivity contribution in [3.8, 4) is 11.5 Å². The van der Waals surface area contributed by atoms with Crippen LogP contribution in [0.5, 0.6) is 11.5 Å². The molecule has 0 aromatic heterocycles. The Morgan fingerprint density at radius 3 is 2.81 bits per heavy atom. The zero-order valence-corrected chi connectivity index (χ0v) is 9.03. The van der Waals surface area contributed by atoms with Gasteiger partial charge < -0.3 is 9.84 Å². The van der Waals surface area contributed by atoms with E-state index in [-0.39, 0.29) is 5.75 Å². The zero-order chi connectivity index (χ0) is 11.4. The number of methoxy groups -OCH3 is 1. The molecule has 0 heterocycles. The summed E-state index contributed by atoms with van der Waals surface area (Å²) in [6, 6.07) is 17.0. The van der Waals surface area contributed by atoms with Gasteiger partial charge in [0.2, 0.25) is 0 Å².